The van der Waals surface area contributed by atoms with Crippen LogP contribution in [0.3, 0.4) is 0 Å². The van der Waals surface area contributed by atoms with Crippen LogP contribution in [0.15, 0.2) is 0 Å². The van der Waals surface area contributed by atoms with Gasteiger partial charge in [0.15, 0.2) is 0 Å². The molecular weight excluding hydrogens is 174 g/mol. The molecule has 1 aliphatic heterocycles. The predicted octanol–water partition coefficient (Wildman–Crippen LogP) is 2.70. The van der Waals surface area contributed by atoms with Gasteiger partial charge in [0.2, 0.25) is 0 Å². The van der Waals surface area contributed by atoms with Crippen LogP contribution in [-0.4, -0.2) is 25.1 Å². The van der Waals surface area contributed by atoms with E-state index in [-0.39, 0.29) is 0 Å². The monoisotopic (exact) mass is 195 g/mol. The van der Waals surface area contributed by atoms with Crippen molar-refractivity contribution in [3.63, 3.8) is 0 Å². The predicted molar refractivity (Wildman–Crippen MR) is 61.1 cm³/mol. The van der Waals surface area contributed by atoms with E-state index in [1.807, 2.05) is 0 Å². The fourth-order valence-electron chi connectivity index (χ4n) is 1.65. The third kappa shape index (κ3) is 3.08. The van der Waals surface area contributed by atoms with Crippen LogP contribution >= 0.6 is 0 Å². The summed E-state index contributed by atoms with van der Waals surface area (Å²) in [7, 11) is -1.19. The van der Waals surface area contributed by atoms with Gasteiger partial charge in [-0.05, 0) is 26.7 Å². The van der Waals surface area contributed by atoms with Gasteiger partial charge < -0.3 is 4.90 Å². The lowest BCUT2D eigenvalue weighted by molar-refractivity contribution is 0.326. The Bertz CT molecular complexity index is 221. The van der Waals surface area contributed by atoms with Crippen molar-refractivity contribution in [1.82, 2.24) is 4.90 Å². The van der Waals surface area contributed by atoms with Crippen LogP contribution < -0.4 is 0 Å². The summed E-state index contributed by atoms with van der Waals surface area (Å²) < 4.78 is 0. The maximum atomic E-state index is 3.44. The molecule has 74 valence electrons. The van der Waals surface area contributed by atoms with Gasteiger partial charge in [-0.1, -0.05) is 19.6 Å². The molecule has 2 atom stereocenters. The molecule has 0 aromatic heterocycles. The molecular formula is C11H21NSi. The largest absolute Gasteiger partial charge is 0.328 e. The SMILES string of the molecule is C[C@@H]1CC[C@@H](C)N1C#C[Si](C)(C)C. The van der Waals surface area contributed by atoms with E-state index in [0.29, 0.717) is 12.1 Å². The first kappa shape index (κ1) is 10.7. The summed E-state index contributed by atoms with van der Waals surface area (Å²) in [6.45, 7) is 11.5. The number of nitrogens with zero attached hydrogens (tertiary/aromatic N) is 1. The molecule has 0 amide bonds. The maximum Gasteiger partial charge on any atom is 0.131 e. The van der Waals surface area contributed by atoms with Crippen molar-refractivity contribution >= 4 is 8.07 Å². The third-order valence-corrected chi connectivity index (χ3v) is 3.37. The van der Waals surface area contributed by atoms with Crippen molar-refractivity contribution < 1.29 is 0 Å². The fourth-order valence-corrected chi connectivity index (χ4v) is 2.11. The highest BCUT2D eigenvalue weighted by Crippen LogP contribution is 2.22. The lowest BCUT2D eigenvalue weighted by atomic mass is 10.2. The summed E-state index contributed by atoms with van der Waals surface area (Å²) in [5, 5.41) is 0. The normalized spacial score (nSPS) is 28.5. The van der Waals surface area contributed by atoms with Crippen LogP contribution in [0.25, 0.3) is 0 Å². The molecule has 0 aliphatic carbocycles. The Hall–Kier alpha value is -0.423. The molecule has 1 nitrogen and oxygen atoms in total. The Labute approximate surface area is 83.5 Å². The second-order valence-electron chi connectivity index (χ2n) is 5.17. The Morgan fingerprint density at radius 3 is 1.92 bits per heavy atom. The molecule has 0 unspecified atom stereocenters. The molecule has 0 bridgehead atoms. The van der Waals surface area contributed by atoms with E-state index in [1.165, 1.54) is 12.8 Å². The summed E-state index contributed by atoms with van der Waals surface area (Å²) in [5.41, 5.74) is 3.44. The first-order chi connectivity index (χ1) is 5.90. The molecule has 0 spiro atoms. The van der Waals surface area contributed by atoms with E-state index < -0.39 is 8.07 Å². The molecule has 0 radical (unpaired) electrons. The standard InChI is InChI=1S/C11H21NSi/c1-10-6-7-11(2)12(10)8-9-13(3,4)5/h10-11H,6-7H2,1-5H3/t10-,11-/m1/s1. The Balaban J connectivity index is 2.65. The number of hydrogen-bond donors (Lipinski definition) is 0. The van der Waals surface area contributed by atoms with Gasteiger partial charge in [-0.2, -0.15) is 0 Å². The smallest absolute Gasteiger partial charge is 0.131 e. The second-order valence-corrected chi connectivity index (χ2v) is 9.92. The summed E-state index contributed by atoms with van der Waals surface area (Å²) in [6, 6.07) is 4.70. The highest BCUT2D eigenvalue weighted by molar-refractivity contribution is 6.83. The number of likely N-dealkylation sites (tertiary alicyclic amines) is 1. The van der Waals surface area contributed by atoms with Gasteiger partial charge in [0.25, 0.3) is 0 Å². The topological polar surface area (TPSA) is 3.24 Å². The average molecular weight is 195 g/mol. The zero-order valence-corrected chi connectivity index (χ0v) is 10.5. The fraction of sp³-hybridized carbons (Fsp3) is 0.818. The van der Waals surface area contributed by atoms with Crippen LogP contribution in [0, 0.1) is 11.6 Å². The summed E-state index contributed by atoms with van der Waals surface area (Å²) in [5.74, 6) is 0. The highest BCUT2D eigenvalue weighted by Gasteiger charge is 2.24. The van der Waals surface area contributed by atoms with Crippen LogP contribution in [0.4, 0.5) is 0 Å². The summed E-state index contributed by atoms with van der Waals surface area (Å²) in [6.07, 6.45) is 2.61. The van der Waals surface area contributed by atoms with Crippen LogP contribution in [0.5, 0.6) is 0 Å². The van der Waals surface area contributed by atoms with Crippen LogP contribution in [-0.2, 0) is 0 Å². The highest BCUT2D eigenvalue weighted by atomic mass is 28.3. The minimum Gasteiger partial charge on any atom is -0.328 e. The Morgan fingerprint density at radius 1 is 1.08 bits per heavy atom. The van der Waals surface area contributed by atoms with Crippen molar-refractivity contribution in [2.75, 3.05) is 0 Å². The van der Waals surface area contributed by atoms with Crippen molar-refractivity contribution in [2.45, 2.75) is 58.4 Å². The van der Waals surface area contributed by atoms with Gasteiger partial charge in [-0.3, -0.25) is 0 Å². The van der Waals surface area contributed by atoms with Crippen molar-refractivity contribution in [3.05, 3.63) is 0 Å². The molecule has 1 fully saturated rings. The first-order valence-corrected chi connectivity index (χ1v) is 8.71. The zero-order chi connectivity index (χ0) is 10.1. The van der Waals surface area contributed by atoms with Crippen molar-refractivity contribution in [3.8, 4) is 11.6 Å². The summed E-state index contributed by atoms with van der Waals surface area (Å²) in [4.78, 5) is 2.35. The molecule has 0 aromatic carbocycles. The minimum atomic E-state index is -1.19. The van der Waals surface area contributed by atoms with Crippen molar-refractivity contribution in [2.24, 2.45) is 0 Å². The quantitative estimate of drug-likeness (QED) is 0.424. The van der Waals surface area contributed by atoms with Gasteiger partial charge in [0, 0.05) is 18.1 Å². The van der Waals surface area contributed by atoms with E-state index in [2.05, 4.69) is 50.0 Å². The molecule has 13 heavy (non-hydrogen) atoms. The van der Waals surface area contributed by atoms with E-state index in [1.54, 1.807) is 0 Å². The molecule has 1 rings (SSSR count). The maximum absolute atomic E-state index is 3.44. The van der Waals surface area contributed by atoms with Crippen molar-refractivity contribution in [1.29, 1.82) is 0 Å². The van der Waals surface area contributed by atoms with Crippen LogP contribution in [0.1, 0.15) is 26.7 Å². The first-order valence-electron chi connectivity index (χ1n) is 5.21. The minimum absolute atomic E-state index is 0.666. The molecule has 1 heterocycles. The van der Waals surface area contributed by atoms with Gasteiger partial charge >= 0.3 is 0 Å². The number of hydrogen-bond acceptors (Lipinski definition) is 1. The van der Waals surface area contributed by atoms with Gasteiger partial charge in [0.1, 0.15) is 8.07 Å². The lowest BCUT2D eigenvalue weighted by Gasteiger charge is -2.21. The van der Waals surface area contributed by atoms with Gasteiger partial charge in [-0.15, -0.1) is 5.54 Å². The van der Waals surface area contributed by atoms with Gasteiger partial charge in [0.05, 0.1) is 0 Å². The van der Waals surface area contributed by atoms with E-state index in [0.717, 1.165) is 0 Å². The van der Waals surface area contributed by atoms with Crippen LogP contribution in [0.2, 0.25) is 19.6 Å². The molecule has 0 saturated carbocycles. The zero-order valence-electron chi connectivity index (χ0n) is 9.52. The Kier molecular flexibility index (Phi) is 3.08. The van der Waals surface area contributed by atoms with E-state index >= 15 is 0 Å². The van der Waals surface area contributed by atoms with E-state index in [4.69, 9.17) is 0 Å². The molecule has 1 aliphatic rings. The molecule has 0 aromatic rings. The van der Waals surface area contributed by atoms with Gasteiger partial charge in [-0.25, -0.2) is 0 Å². The molecule has 1 saturated heterocycles. The third-order valence-electron chi connectivity index (χ3n) is 2.51. The molecule has 0 N–H and O–H groups in total. The lowest BCUT2D eigenvalue weighted by Crippen LogP contribution is -2.29. The number of rotatable bonds is 0. The Morgan fingerprint density at radius 2 is 1.54 bits per heavy atom. The molecule has 2 heteroatoms. The van der Waals surface area contributed by atoms with E-state index in [9.17, 15) is 0 Å². The second kappa shape index (κ2) is 3.75. The summed E-state index contributed by atoms with van der Waals surface area (Å²) >= 11 is 0. The average Bonchev–Trinajstić information content (AvgIpc) is 2.27.